The average Bonchev–Trinajstić information content (AvgIpc) is 2.83. The molecule has 3 heteroatoms. The molecule has 2 unspecified atom stereocenters. The fourth-order valence-corrected chi connectivity index (χ4v) is 3.70. The van der Waals surface area contributed by atoms with E-state index in [1.54, 1.807) is 0 Å². The lowest BCUT2D eigenvalue weighted by Crippen LogP contribution is -2.44. The van der Waals surface area contributed by atoms with E-state index in [0.29, 0.717) is 0 Å². The van der Waals surface area contributed by atoms with Crippen LogP contribution in [0.5, 0.6) is 0 Å². The van der Waals surface area contributed by atoms with Gasteiger partial charge in [-0.05, 0) is 74.9 Å². The molecule has 2 saturated heterocycles. The summed E-state index contributed by atoms with van der Waals surface area (Å²) in [7, 11) is 0. The van der Waals surface area contributed by atoms with Crippen molar-refractivity contribution in [3.05, 3.63) is 34.4 Å². The lowest BCUT2D eigenvalue weighted by Gasteiger charge is -2.35. The van der Waals surface area contributed by atoms with Gasteiger partial charge in [-0.15, -0.1) is 12.4 Å². The number of nitrogens with one attached hydrogen (secondary N) is 1. The van der Waals surface area contributed by atoms with Crippen LogP contribution in [-0.2, 0) is 6.54 Å². The summed E-state index contributed by atoms with van der Waals surface area (Å²) in [6.07, 6.45) is 2.70. The molecule has 2 aliphatic rings. The van der Waals surface area contributed by atoms with Crippen molar-refractivity contribution in [1.29, 1.82) is 0 Å². The highest BCUT2D eigenvalue weighted by Crippen LogP contribution is 2.26. The Morgan fingerprint density at radius 1 is 1.10 bits per heavy atom. The molecule has 112 valence electrons. The zero-order chi connectivity index (χ0) is 13.4. The van der Waals surface area contributed by atoms with Gasteiger partial charge in [0.2, 0.25) is 0 Å². The minimum absolute atomic E-state index is 0. The zero-order valence-electron chi connectivity index (χ0n) is 12.9. The number of rotatable bonds is 2. The summed E-state index contributed by atoms with van der Waals surface area (Å²) >= 11 is 0. The normalized spacial score (nSPS) is 26.1. The van der Waals surface area contributed by atoms with Crippen LogP contribution in [0.2, 0.25) is 0 Å². The van der Waals surface area contributed by atoms with Crippen molar-refractivity contribution in [3.8, 4) is 0 Å². The van der Waals surface area contributed by atoms with Gasteiger partial charge in [-0.2, -0.15) is 0 Å². The Morgan fingerprint density at radius 3 is 2.65 bits per heavy atom. The molecule has 0 bridgehead atoms. The quantitative estimate of drug-likeness (QED) is 0.901. The van der Waals surface area contributed by atoms with Crippen molar-refractivity contribution in [2.75, 3.05) is 19.6 Å². The molecule has 20 heavy (non-hydrogen) atoms. The summed E-state index contributed by atoms with van der Waals surface area (Å²) in [4.78, 5) is 2.66. The second-order valence-electron chi connectivity index (χ2n) is 6.50. The SMILES string of the molecule is Cc1cc(C)c(CN2CCC3NCCC3C2)cc1C.Cl. The van der Waals surface area contributed by atoms with E-state index in [1.165, 1.54) is 54.7 Å². The van der Waals surface area contributed by atoms with Crippen molar-refractivity contribution < 1.29 is 0 Å². The van der Waals surface area contributed by atoms with Gasteiger partial charge in [-0.25, -0.2) is 0 Å². The topological polar surface area (TPSA) is 15.3 Å². The molecule has 1 aromatic carbocycles. The number of aryl methyl sites for hydroxylation is 3. The predicted octanol–water partition coefficient (Wildman–Crippen LogP) is 3.22. The van der Waals surface area contributed by atoms with E-state index in [1.807, 2.05) is 0 Å². The van der Waals surface area contributed by atoms with Crippen molar-refractivity contribution in [1.82, 2.24) is 10.2 Å². The van der Waals surface area contributed by atoms with E-state index in [2.05, 4.69) is 43.1 Å². The molecule has 0 saturated carbocycles. The highest BCUT2D eigenvalue weighted by molar-refractivity contribution is 5.85. The maximum atomic E-state index is 3.64. The van der Waals surface area contributed by atoms with Crippen molar-refractivity contribution in [2.45, 2.75) is 46.2 Å². The van der Waals surface area contributed by atoms with E-state index in [-0.39, 0.29) is 12.4 Å². The third-order valence-corrected chi connectivity index (χ3v) is 5.09. The molecule has 0 spiro atoms. The minimum Gasteiger partial charge on any atom is -0.314 e. The molecule has 3 rings (SSSR count). The van der Waals surface area contributed by atoms with Crippen LogP contribution in [-0.4, -0.2) is 30.6 Å². The summed E-state index contributed by atoms with van der Waals surface area (Å²) in [5.41, 5.74) is 5.82. The molecule has 2 atom stereocenters. The van der Waals surface area contributed by atoms with E-state index >= 15 is 0 Å². The Balaban J connectivity index is 0.00000147. The molecular formula is C17H27ClN2. The van der Waals surface area contributed by atoms with Crippen LogP contribution in [0.1, 0.15) is 35.1 Å². The number of hydrogen-bond donors (Lipinski definition) is 1. The number of halogens is 1. The molecule has 0 amide bonds. The van der Waals surface area contributed by atoms with Gasteiger partial charge in [0.05, 0.1) is 0 Å². The molecule has 2 fully saturated rings. The highest BCUT2D eigenvalue weighted by atomic mass is 35.5. The first kappa shape index (κ1) is 15.8. The van der Waals surface area contributed by atoms with Gasteiger partial charge in [-0.3, -0.25) is 4.90 Å². The van der Waals surface area contributed by atoms with Gasteiger partial charge < -0.3 is 5.32 Å². The van der Waals surface area contributed by atoms with Crippen molar-refractivity contribution >= 4 is 12.4 Å². The maximum absolute atomic E-state index is 3.64. The van der Waals surface area contributed by atoms with Crippen LogP contribution >= 0.6 is 12.4 Å². The van der Waals surface area contributed by atoms with Gasteiger partial charge >= 0.3 is 0 Å². The van der Waals surface area contributed by atoms with E-state index in [4.69, 9.17) is 0 Å². The van der Waals surface area contributed by atoms with Crippen molar-refractivity contribution in [3.63, 3.8) is 0 Å². The Hall–Kier alpha value is -0.570. The maximum Gasteiger partial charge on any atom is 0.0236 e. The van der Waals surface area contributed by atoms with Gasteiger partial charge in [0.15, 0.2) is 0 Å². The molecule has 0 aromatic heterocycles. The smallest absolute Gasteiger partial charge is 0.0236 e. The number of fused-ring (bicyclic) bond motifs is 1. The molecule has 2 heterocycles. The lowest BCUT2D eigenvalue weighted by molar-refractivity contribution is 0.155. The first-order valence-electron chi connectivity index (χ1n) is 7.66. The van der Waals surface area contributed by atoms with E-state index < -0.39 is 0 Å². The van der Waals surface area contributed by atoms with Crippen LogP contribution < -0.4 is 5.32 Å². The fourth-order valence-electron chi connectivity index (χ4n) is 3.70. The van der Waals surface area contributed by atoms with Gasteiger partial charge in [0.25, 0.3) is 0 Å². The Bertz CT molecular complexity index is 472. The second kappa shape index (κ2) is 6.46. The molecule has 1 N–H and O–H groups in total. The van der Waals surface area contributed by atoms with Crippen LogP contribution in [0, 0.1) is 26.7 Å². The van der Waals surface area contributed by atoms with Crippen LogP contribution in [0.4, 0.5) is 0 Å². The molecule has 1 aromatic rings. The van der Waals surface area contributed by atoms with E-state index in [0.717, 1.165) is 18.5 Å². The number of benzene rings is 1. The van der Waals surface area contributed by atoms with Gasteiger partial charge in [0, 0.05) is 19.1 Å². The highest BCUT2D eigenvalue weighted by Gasteiger charge is 2.32. The largest absolute Gasteiger partial charge is 0.314 e. The Labute approximate surface area is 129 Å². The Morgan fingerprint density at radius 2 is 1.85 bits per heavy atom. The number of nitrogens with zero attached hydrogens (tertiary/aromatic N) is 1. The molecular weight excluding hydrogens is 268 g/mol. The van der Waals surface area contributed by atoms with Crippen LogP contribution in [0.3, 0.4) is 0 Å². The second-order valence-corrected chi connectivity index (χ2v) is 6.50. The predicted molar refractivity (Wildman–Crippen MR) is 87.7 cm³/mol. The standard InChI is InChI=1S/C17H26N2.ClH/c1-12-8-14(3)16(9-13(12)2)11-19-7-5-17-15(10-19)4-6-18-17;/h8-9,15,17-18H,4-7,10-11H2,1-3H3;1H. The molecule has 2 nitrogen and oxygen atoms in total. The molecule has 0 radical (unpaired) electrons. The summed E-state index contributed by atoms with van der Waals surface area (Å²) in [6.45, 7) is 11.6. The first-order valence-corrected chi connectivity index (χ1v) is 7.66. The van der Waals surface area contributed by atoms with Gasteiger partial charge in [-0.1, -0.05) is 12.1 Å². The number of hydrogen-bond acceptors (Lipinski definition) is 2. The lowest BCUT2D eigenvalue weighted by atomic mass is 9.92. The molecule has 2 aliphatic heterocycles. The van der Waals surface area contributed by atoms with Crippen LogP contribution in [0.15, 0.2) is 12.1 Å². The third kappa shape index (κ3) is 3.19. The summed E-state index contributed by atoms with van der Waals surface area (Å²) in [5, 5.41) is 3.64. The monoisotopic (exact) mass is 294 g/mol. The summed E-state index contributed by atoms with van der Waals surface area (Å²) in [5.74, 6) is 0.889. The average molecular weight is 295 g/mol. The number of likely N-dealkylation sites (tertiary alicyclic amines) is 1. The van der Waals surface area contributed by atoms with Crippen molar-refractivity contribution in [2.24, 2.45) is 5.92 Å². The van der Waals surface area contributed by atoms with Gasteiger partial charge in [0.1, 0.15) is 0 Å². The molecule has 0 aliphatic carbocycles. The summed E-state index contributed by atoms with van der Waals surface area (Å²) in [6, 6.07) is 5.54. The zero-order valence-corrected chi connectivity index (χ0v) is 13.7. The summed E-state index contributed by atoms with van der Waals surface area (Å²) < 4.78 is 0. The Kier molecular flexibility index (Phi) is 5.11. The number of piperidine rings is 1. The minimum atomic E-state index is 0. The fraction of sp³-hybridized carbons (Fsp3) is 0.647. The van der Waals surface area contributed by atoms with E-state index in [9.17, 15) is 0 Å². The van der Waals surface area contributed by atoms with Crippen LogP contribution in [0.25, 0.3) is 0 Å². The first-order chi connectivity index (χ1) is 9.13. The third-order valence-electron chi connectivity index (χ3n) is 5.09.